The Balaban J connectivity index is 2.13. The minimum Gasteiger partial charge on any atom is -0.477 e. The van der Waals surface area contributed by atoms with Crippen LogP contribution in [-0.2, 0) is 16.0 Å². The number of sulfone groups is 1. The van der Waals surface area contributed by atoms with Gasteiger partial charge in [0.15, 0.2) is 0 Å². The standard InChI is InChI=1S/C22H23F3N4O3S/c1-3-33(30,31)11-7-10-32-20-18(16-12-14(2)27-17(13-16)22(23,24)25)19(28-21(26)29-20)15-8-5-4-6-9-15/h4-6,8-9,12-13H,3,7,10-11H2,1-2H3,(H2,26,28,29). The Bertz CT molecular complexity index is 1230. The molecule has 0 saturated heterocycles. The zero-order chi connectivity index (χ0) is 24.2. The van der Waals surface area contributed by atoms with Crippen molar-refractivity contribution < 1.29 is 26.3 Å². The average molecular weight is 481 g/mol. The van der Waals surface area contributed by atoms with Gasteiger partial charge in [0.05, 0.1) is 23.6 Å². The van der Waals surface area contributed by atoms with Crippen LogP contribution >= 0.6 is 0 Å². The van der Waals surface area contributed by atoms with Crippen molar-refractivity contribution >= 4 is 15.8 Å². The maximum Gasteiger partial charge on any atom is 0.433 e. The third-order valence-corrected chi connectivity index (χ3v) is 6.54. The largest absolute Gasteiger partial charge is 0.477 e. The maximum atomic E-state index is 13.4. The molecule has 3 aromatic rings. The smallest absolute Gasteiger partial charge is 0.433 e. The van der Waals surface area contributed by atoms with Crippen molar-refractivity contribution in [3.8, 4) is 28.3 Å². The molecule has 33 heavy (non-hydrogen) atoms. The molecule has 0 aliphatic heterocycles. The van der Waals surface area contributed by atoms with Crippen molar-refractivity contribution in [1.29, 1.82) is 0 Å². The highest BCUT2D eigenvalue weighted by Crippen LogP contribution is 2.40. The van der Waals surface area contributed by atoms with Crippen LogP contribution in [0.1, 0.15) is 24.7 Å². The van der Waals surface area contributed by atoms with Crippen molar-refractivity contribution in [2.24, 2.45) is 0 Å². The number of ether oxygens (including phenoxy) is 1. The van der Waals surface area contributed by atoms with Gasteiger partial charge in [-0.3, -0.25) is 0 Å². The van der Waals surface area contributed by atoms with Gasteiger partial charge in [-0.1, -0.05) is 37.3 Å². The van der Waals surface area contributed by atoms with Crippen LogP contribution in [-0.4, -0.2) is 41.5 Å². The van der Waals surface area contributed by atoms with Crippen molar-refractivity contribution in [2.75, 3.05) is 23.8 Å². The van der Waals surface area contributed by atoms with Crippen LogP contribution < -0.4 is 10.5 Å². The molecule has 2 N–H and O–H groups in total. The first-order valence-electron chi connectivity index (χ1n) is 10.1. The minimum absolute atomic E-state index is 0.00731. The number of nitrogen functional groups attached to an aromatic ring is 1. The van der Waals surface area contributed by atoms with Gasteiger partial charge in [-0.25, -0.2) is 18.4 Å². The molecule has 0 atom stereocenters. The lowest BCUT2D eigenvalue weighted by atomic mass is 9.99. The number of nitrogens with zero attached hydrogens (tertiary/aromatic N) is 3. The summed E-state index contributed by atoms with van der Waals surface area (Å²) < 4.78 is 69.6. The predicted molar refractivity (Wildman–Crippen MR) is 119 cm³/mol. The second-order valence-electron chi connectivity index (χ2n) is 7.30. The van der Waals surface area contributed by atoms with Gasteiger partial charge in [0.25, 0.3) is 0 Å². The Morgan fingerprint density at radius 2 is 1.73 bits per heavy atom. The van der Waals surface area contributed by atoms with E-state index in [-0.39, 0.29) is 58.9 Å². The second-order valence-corrected chi connectivity index (χ2v) is 9.77. The summed E-state index contributed by atoms with van der Waals surface area (Å²) in [4.78, 5) is 12.0. The zero-order valence-corrected chi connectivity index (χ0v) is 18.9. The number of hydrogen-bond acceptors (Lipinski definition) is 7. The maximum absolute atomic E-state index is 13.4. The molecule has 0 unspecified atom stereocenters. The molecule has 2 aromatic heterocycles. The molecule has 0 fully saturated rings. The lowest BCUT2D eigenvalue weighted by molar-refractivity contribution is -0.141. The van der Waals surface area contributed by atoms with Crippen LogP contribution in [0.25, 0.3) is 22.4 Å². The van der Waals surface area contributed by atoms with Crippen LogP contribution in [0.5, 0.6) is 5.88 Å². The number of aryl methyl sites for hydroxylation is 1. The van der Waals surface area contributed by atoms with Crippen LogP contribution in [0.3, 0.4) is 0 Å². The fourth-order valence-corrected chi connectivity index (χ4v) is 4.02. The highest BCUT2D eigenvalue weighted by molar-refractivity contribution is 7.91. The van der Waals surface area contributed by atoms with E-state index in [2.05, 4.69) is 15.0 Å². The Morgan fingerprint density at radius 3 is 2.36 bits per heavy atom. The minimum atomic E-state index is -4.65. The second kappa shape index (κ2) is 9.74. The van der Waals surface area contributed by atoms with Crippen molar-refractivity contribution in [2.45, 2.75) is 26.4 Å². The monoisotopic (exact) mass is 480 g/mol. The number of rotatable bonds is 8. The third-order valence-electron chi connectivity index (χ3n) is 4.75. The van der Waals surface area contributed by atoms with Gasteiger partial charge in [0.1, 0.15) is 15.5 Å². The number of hydrogen-bond donors (Lipinski definition) is 1. The molecule has 0 aliphatic rings. The molecule has 176 valence electrons. The number of halogens is 3. The number of anilines is 1. The van der Waals surface area contributed by atoms with Gasteiger partial charge >= 0.3 is 6.18 Å². The molecule has 0 bridgehead atoms. The first-order valence-corrected chi connectivity index (χ1v) is 11.9. The van der Waals surface area contributed by atoms with E-state index in [1.54, 1.807) is 37.3 Å². The van der Waals surface area contributed by atoms with Crippen molar-refractivity contribution in [3.05, 3.63) is 53.9 Å². The molecule has 3 rings (SSSR count). The van der Waals surface area contributed by atoms with E-state index in [0.717, 1.165) is 6.07 Å². The van der Waals surface area contributed by atoms with Gasteiger partial charge in [0.2, 0.25) is 11.8 Å². The number of aromatic nitrogens is 3. The highest BCUT2D eigenvalue weighted by Gasteiger charge is 2.33. The summed E-state index contributed by atoms with van der Waals surface area (Å²) in [5.41, 5.74) is 6.22. The van der Waals surface area contributed by atoms with E-state index in [1.807, 2.05) is 0 Å². The normalized spacial score (nSPS) is 12.0. The molecule has 0 radical (unpaired) electrons. The number of nitrogens with two attached hydrogens (primary N) is 1. The molecule has 0 spiro atoms. The predicted octanol–water partition coefficient (Wildman–Crippen LogP) is 4.32. The van der Waals surface area contributed by atoms with Crippen LogP contribution in [0.4, 0.5) is 19.1 Å². The lowest BCUT2D eigenvalue weighted by Gasteiger charge is -2.17. The molecule has 0 saturated carbocycles. The number of benzene rings is 1. The van der Waals surface area contributed by atoms with Gasteiger partial charge in [-0.05, 0) is 31.0 Å². The molecule has 7 nitrogen and oxygen atoms in total. The lowest BCUT2D eigenvalue weighted by Crippen LogP contribution is -2.13. The summed E-state index contributed by atoms with van der Waals surface area (Å²) in [6, 6.07) is 11.2. The van der Waals surface area contributed by atoms with Gasteiger partial charge in [-0.2, -0.15) is 18.2 Å². The van der Waals surface area contributed by atoms with E-state index in [0.29, 0.717) is 5.56 Å². The molecule has 11 heteroatoms. The first-order chi connectivity index (χ1) is 15.5. The Labute approximate surface area is 189 Å². The summed E-state index contributed by atoms with van der Waals surface area (Å²) in [5.74, 6) is -0.241. The molecular formula is C22H23F3N4O3S. The van der Waals surface area contributed by atoms with E-state index in [1.165, 1.54) is 13.0 Å². The van der Waals surface area contributed by atoms with Crippen molar-refractivity contribution in [3.63, 3.8) is 0 Å². The van der Waals surface area contributed by atoms with Crippen LogP contribution in [0.15, 0.2) is 42.5 Å². The Morgan fingerprint density at radius 1 is 1.03 bits per heavy atom. The summed E-state index contributed by atoms with van der Waals surface area (Å²) in [6.45, 7) is 2.98. The SMILES string of the molecule is CCS(=O)(=O)CCCOc1nc(N)nc(-c2ccccc2)c1-c1cc(C)nc(C(F)(F)F)c1. The molecule has 0 amide bonds. The van der Waals surface area contributed by atoms with E-state index >= 15 is 0 Å². The molecular weight excluding hydrogens is 457 g/mol. The summed E-state index contributed by atoms with van der Waals surface area (Å²) in [5, 5.41) is 0. The fraction of sp³-hybridized carbons (Fsp3) is 0.318. The number of alkyl halides is 3. The van der Waals surface area contributed by atoms with Gasteiger partial charge < -0.3 is 10.5 Å². The van der Waals surface area contributed by atoms with Gasteiger partial charge in [-0.15, -0.1) is 0 Å². The number of pyridine rings is 1. The topological polar surface area (TPSA) is 108 Å². The first kappa shape index (κ1) is 24.4. The average Bonchev–Trinajstić information content (AvgIpc) is 2.76. The zero-order valence-electron chi connectivity index (χ0n) is 18.1. The molecule has 1 aromatic carbocycles. The fourth-order valence-electron chi connectivity index (χ4n) is 3.18. The Kier molecular flexibility index (Phi) is 7.21. The van der Waals surface area contributed by atoms with E-state index in [9.17, 15) is 21.6 Å². The summed E-state index contributed by atoms with van der Waals surface area (Å²) >= 11 is 0. The Hall–Kier alpha value is -3.21. The van der Waals surface area contributed by atoms with E-state index in [4.69, 9.17) is 10.5 Å². The van der Waals surface area contributed by atoms with Crippen LogP contribution in [0.2, 0.25) is 0 Å². The molecule has 2 heterocycles. The third kappa shape index (κ3) is 6.19. The van der Waals surface area contributed by atoms with E-state index < -0.39 is 21.7 Å². The van der Waals surface area contributed by atoms with Gasteiger partial charge in [0, 0.05) is 17.0 Å². The highest BCUT2D eigenvalue weighted by atomic mass is 32.2. The quantitative estimate of drug-likeness (QED) is 0.479. The van der Waals surface area contributed by atoms with Crippen LogP contribution in [0, 0.1) is 6.92 Å². The summed E-state index contributed by atoms with van der Waals surface area (Å²) in [6.07, 6.45) is -4.47. The molecule has 0 aliphatic carbocycles. The van der Waals surface area contributed by atoms with Crippen molar-refractivity contribution in [1.82, 2.24) is 15.0 Å². The summed E-state index contributed by atoms with van der Waals surface area (Å²) in [7, 11) is -3.19.